The molecule has 3 aromatic rings. The van der Waals surface area contributed by atoms with Crippen molar-refractivity contribution in [1.82, 2.24) is 19.8 Å². The molecule has 28 heavy (non-hydrogen) atoms. The molecule has 1 N–H and O–H groups in total. The lowest BCUT2D eigenvalue weighted by atomic mass is 10.1. The van der Waals surface area contributed by atoms with E-state index in [0.717, 1.165) is 60.9 Å². The minimum atomic E-state index is 0.128. The molecule has 0 bridgehead atoms. The molecule has 1 aliphatic heterocycles. The highest BCUT2D eigenvalue weighted by Crippen LogP contribution is 2.20. The van der Waals surface area contributed by atoms with Gasteiger partial charge in [0.05, 0.1) is 31.1 Å². The molecule has 1 aromatic heterocycles. The summed E-state index contributed by atoms with van der Waals surface area (Å²) in [6, 6.07) is 13.4. The van der Waals surface area contributed by atoms with Crippen molar-refractivity contribution in [2.24, 2.45) is 0 Å². The summed E-state index contributed by atoms with van der Waals surface area (Å²) >= 11 is 6.18. The van der Waals surface area contributed by atoms with Crippen LogP contribution in [0.3, 0.4) is 0 Å². The molecule has 0 atom stereocenters. The summed E-state index contributed by atoms with van der Waals surface area (Å²) in [6.45, 7) is 3.83. The maximum Gasteiger partial charge on any atom is 0.227 e. The van der Waals surface area contributed by atoms with Crippen LogP contribution in [0.15, 0.2) is 42.5 Å². The van der Waals surface area contributed by atoms with Crippen molar-refractivity contribution < 1.29 is 9.53 Å². The van der Waals surface area contributed by atoms with Crippen LogP contribution in [0.25, 0.3) is 11.0 Å². The predicted octanol–water partition coefficient (Wildman–Crippen LogP) is 3.11. The van der Waals surface area contributed by atoms with E-state index < -0.39 is 0 Å². The number of H-pyrrole nitrogens is 1. The lowest BCUT2D eigenvalue weighted by molar-refractivity contribution is -0.132. The number of halogens is 1. The molecule has 0 radical (unpaired) electrons. The van der Waals surface area contributed by atoms with Crippen LogP contribution < -0.4 is 4.74 Å². The van der Waals surface area contributed by atoms with E-state index in [2.05, 4.69) is 14.9 Å². The van der Waals surface area contributed by atoms with Gasteiger partial charge in [-0.3, -0.25) is 9.69 Å². The molecule has 6 nitrogen and oxygen atoms in total. The van der Waals surface area contributed by atoms with Gasteiger partial charge >= 0.3 is 0 Å². The molecule has 146 valence electrons. The molecular formula is C21H23ClN4O2. The topological polar surface area (TPSA) is 61.5 Å². The number of imidazole rings is 1. The van der Waals surface area contributed by atoms with Crippen molar-refractivity contribution >= 4 is 28.5 Å². The Morgan fingerprint density at radius 1 is 1.18 bits per heavy atom. The van der Waals surface area contributed by atoms with Crippen LogP contribution >= 0.6 is 11.6 Å². The van der Waals surface area contributed by atoms with Crippen LogP contribution in [0.4, 0.5) is 0 Å². The zero-order valence-corrected chi connectivity index (χ0v) is 16.6. The maximum absolute atomic E-state index is 12.6. The third-order valence-electron chi connectivity index (χ3n) is 5.14. The van der Waals surface area contributed by atoms with E-state index in [4.69, 9.17) is 16.3 Å². The van der Waals surface area contributed by atoms with Crippen LogP contribution in [-0.4, -0.2) is 59.0 Å². The molecule has 0 spiro atoms. The van der Waals surface area contributed by atoms with Crippen molar-refractivity contribution in [3.8, 4) is 5.75 Å². The van der Waals surface area contributed by atoms with Gasteiger partial charge in [0.2, 0.25) is 5.91 Å². The highest BCUT2D eigenvalue weighted by atomic mass is 35.5. The zero-order chi connectivity index (χ0) is 19.5. The van der Waals surface area contributed by atoms with Crippen LogP contribution in [0.2, 0.25) is 5.02 Å². The molecular weight excluding hydrogens is 376 g/mol. The Hall–Kier alpha value is -2.57. The third-order valence-corrected chi connectivity index (χ3v) is 5.50. The van der Waals surface area contributed by atoms with Gasteiger partial charge < -0.3 is 14.6 Å². The first kappa shape index (κ1) is 18.8. The first-order valence-electron chi connectivity index (χ1n) is 9.38. The van der Waals surface area contributed by atoms with Crippen LogP contribution in [0.5, 0.6) is 5.75 Å². The number of piperazine rings is 1. The molecule has 1 amide bonds. The summed E-state index contributed by atoms with van der Waals surface area (Å²) in [4.78, 5) is 24.8. The SMILES string of the molecule is COc1ccc2nc(CN3CCN(C(=O)Cc4ccccc4Cl)CC3)[nH]c2c1. The summed E-state index contributed by atoms with van der Waals surface area (Å²) in [7, 11) is 1.66. The number of aromatic amines is 1. The minimum Gasteiger partial charge on any atom is -0.497 e. The molecule has 2 aromatic carbocycles. The minimum absolute atomic E-state index is 0.128. The number of benzene rings is 2. The Kier molecular flexibility index (Phi) is 5.50. The molecule has 0 saturated carbocycles. The van der Waals surface area contributed by atoms with Gasteiger partial charge in [0.25, 0.3) is 0 Å². The van der Waals surface area contributed by atoms with Crippen molar-refractivity contribution in [3.63, 3.8) is 0 Å². The number of carbonyl (C=O) groups excluding carboxylic acids is 1. The summed E-state index contributed by atoms with van der Waals surface area (Å²) in [5.41, 5.74) is 2.79. The van der Waals surface area contributed by atoms with Crippen molar-refractivity contribution in [1.29, 1.82) is 0 Å². The Bertz CT molecular complexity index is 979. The van der Waals surface area contributed by atoms with Crippen molar-refractivity contribution in [2.45, 2.75) is 13.0 Å². The predicted molar refractivity (Wildman–Crippen MR) is 110 cm³/mol. The Labute approximate surface area is 169 Å². The van der Waals surface area contributed by atoms with Gasteiger partial charge in [0.1, 0.15) is 11.6 Å². The number of fused-ring (bicyclic) bond motifs is 1. The average molecular weight is 399 g/mol. The second-order valence-corrected chi connectivity index (χ2v) is 7.40. The van der Waals surface area contributed by atoms with E-state index in [1.165, 1.54) is 0 Å². The van der Waals surface area contributed by atoms with E-state index in [0.29, 0.717) is 11.4 Å². The number of aromatic nitrogens is 2. The molecule has 0 unspecified atom stereocenters. The van der Waals surface area contributed by atoms with E-state index >= 15 is 0 Å². The smallest absolute Gasteiger partial charge is 0.227 e. The monoisotopic (exact) mass is 398 g/mol. The fourth-order valence-electron chi connectivity index (χ4n) is 3.53. The molecule has 7 heteroatoms. The summed E-state index contributed by atoms with van der Waals surface area (Å²) in [5.74, 6) is 1.87. The highest BCUT2D eigenvalue weighted by molar-refractivity contribution is 6.31. The number of carbonyl (C=O) groups is 1. The largest absolute Gasteiger partial charge is 0.497 e. The van der Waals surface area contributed by atoms with Gasteiger partial charge in [-0.25, -0.2) is 4.98 Å². The Balaban J connectivity index is 1.33. The van der Waals surface area contributed by atoms with Gasteiger partial charge in [-0.05, 0) is 23.8 Å². The standard InChI is InChI=1S/C21H23ClN4O2/c1-28-16-6-7-18-19(13-16)24-20(23-18)14-25-8-10-26(11-9-25)21(27)12-15-4-2-3-5-17(15)22/h2-7,13H,8-12,14H2,1H3,(H,23,24). The lowest BCUT2D eigenvalue weighted by Gasteiger charge is -2.34. The number of nitrogens with one attached hydrogen (secondary N) is 1. The zero-order valence-electron chi connectivity index (χ0n) is 15.8. The van der Waals surface area contributed by atoms with E-state index in [-0.39, 0.29) is 5.91 Å². The molecule has 4 rings (SSSR count). The van der Waals surface area contributed by atoms with Gasteiger partial charge in [-0.2, -0.15) is 0 Å². The molecule has 0 aliphatic carbocycles. The number of nitrogens with zero attached hydrogens (tertiary/aromatic N) is 3. The maximum atomic E-state index is 12.6. The van der Waals surface area contributed by atoms with Crippen LogP contribution in [0.1, 0.15) is 11.4 Å². The second kappa shape index (κ2) is 8.20. The first-order valence-corrected chi connectivity index (χ1v) is 9.76. The fourth-order valence-corrected chi connectivity index (χ4v) is 3.73. The van der Waals surface area contributed by atoms with Gasteiger partial charge in [-0.15, -0.1) is 0 Å². The summed E-state index contributed by atoms with van der Waals surface area (Å²) in [6.07, 6.45) is 0.352. The molecule has 1 aliphatic rings. The summed E-state index contributed by atoms with van der Waals surface area (Å²) < 4.78 is 5.26. The van der Waals surface area contributed by atoms with E-state index in [1.807, 2.05) is 47.4 Å². The van der Waals surface area contributed by atoms with Gasteiger partial charge in [0.15, 0.2) is 0 Å². The van der Waals surface area contributed by atoms with Gasteiger partial charge in [0, 0.05) is 37.3 Å². The number of amides is 1. The lowest BCUT2D eigenvalue weighted by Crippen LogP contribution is -2.48. The van der Waals surface area contributed by atoms with Crippen molar-refractivity contribution in [2.75, 3.05) is 33.3 Å². The summed E-state index contributed by atoms with van der Waals surface area (Å²) in [5, 5.41) is 0.649. The Morgan fingerprint density at radius 2 is 1.96 bits per heavy atom. The fraction of sp³-hybridized carbons (Fsp3) is 0.333. The number of rotatable bonds is 5. The highest BCUT2D eigenvalue weighted by Gasteiger charge is 2.22. The quantitative estimate of drug-likeness (QED) is 0.717. The van der Waals surface area contributed by atoms with Crippen LogP contribution in [0, 0.1) is 0 Å². The van der Waals surface area contributed by atoms with E-state index in [1.54, 1.807) is 7.11 Å². The second-order valence-electron chi connectivity index (χ2n) is 6.99. The number of hydrogen-bond acceptors (Lipinski definition) is 4. The number of ether oxygens (including phenoxy) is 1. The molecule has 1 fully saturated rings. The molecule has 1 saturated heterocycles. The Morgan fingerprint density at radius 3 is 2.71 bits per heavy atom. The first-order chi connectivity index (χ1) is 13.6. The number of hydrogen-bond donors (Lipinski definition) is 1. The van der Waals surface area contributed by atoms with Crippen molar-refractivity contribution in [3.05, 3.63) is 58.9 Å². The molecule has 2 heterocycles. The van der Waals surface area contributed by atoms with E-state index in [9.17, 15) is 4.79 Å². The normalized spacial score (nSPS) is 15.1. The van der Waals surface area contributed by atoms with Crippen LogP contribution in [-0.2, 0) is 17.8 Å². The number of methoxy groups -OCH3 is 1. The average Bonchev–Trinajstić information content (AvgIpc) is 3.11. The van der Waals surface area contributed by atoms with Gasteiger partial charge in [-0.1, -0.05) is 29.8 Å². The third kappa shape index (κ3) is 4.13.